The van der Waals surface area contributed by atoms with Gasteiger partial charge in [-0.1, -0.05) is 39.0 Å². The standard InChI is InChI=1S/C16H20N2O/c1-10(13-8-17-9-18-13)11-5-4-6-12-15(11)14(19)7-16(12,2)3/h4-6,8-10,14,19H,7H2,1-3H3,(H,17,18). The Morgan fingerprint density at radius 3 is 2.89 bits per heavy atom. The highest BCUT2D eigenvalue weighted by Crippen LogP contribution is 2.47. The molecule has 2 aromatic rings. The number of aromatic amines is 1. The zero-order valence-corrected chi connectivity index (χ0v) is 11.6. The number of aliphatic hydroxyl groups excluding tert-OH is 1. The van der Waals surface area contributed by atoms with Crippen molar-refractivity contribution < 1.29 is 5.11 Å². The molecular weight excluding hydrogens is 236 g/mol. The highest BCUT2D eigenvalue weighted by molar-refractivity contribution is 5.48. The summed E-state index contributed by atoms with van der Waals surface area (Å²) in [4.78, 5) is 7.26. The Balaban J connectivity index is 2.12. The summed E-state index contributed by atoms with van der Waals surface area (Å²) in [5, 5.41) is 10.4. The van der Waals surface area contributed by atoms with E-state index in [0.717, 1.165) is 17.7 Å². The predicted molar refractivity (Wildman–Crippen MR) is 75.1 cm³/mol. The maximum absolute atomic E-state index is 10.4. The second-order valence-corrected chi connectivity index (χ2v) is 6.14. The third-order valence-corrected chi connectivity index (χ3v) is 4.36. The molecule has 0 amide bonds. The van der Waals surface area contributed by atoms with Gasteiger partial charge in [0.2, 0.25) is 0 Å². The molecule has 1 heterocycles. The van der Waals surface area contributed by atoms with E-state index in [1.165, 1.54) is 11.1 Å². The molecule has 1 aliphatic rings. The molecule has 0 spiro atoms. The minimum Gasteiger partial charge on any atom is -0.388 e. The van der Waals surface area contributed by atoms with Gasteiger partial charge in [-0.15, -0.1) is 0 Å². The van der Waals surface area contributed by atoms with Gasteiger partial charge < -0.3 is 10.1 Å². The second kappa shape index (κ2) is 4.20. The second-order valence-electron chi connectivity index (χ2n) is 6.14. The van der Waals surface area contributed by atoms with E-state index in [1.54, 1.807) is 6.33 Å². The molecule has 2 atom stereocenters. The number of aromatic nitrogens is 2. The fourth-order valence-corrected chi connectivity index (χ4v) is 3.29. The number of rotatable bonds is 2. The van der Waals surface area contributed by atoms with E-state index >= 15 is 0 Å². The van der Waals surface area contributed by atoms with Crippen molar-refractivity contribution in [3.05, 3.63) is 53.1 Å². The van der Waals surface area contributed by atoms with Gasteiger partial charge in [0.25, 0.3) is 0 Å². The van der Waals surface area contributed by atoms with Gasteiger partial charge >= 0.3 is 0 Å². The van der Waals surface area contributed by atoms with Gasteiger partial charge in [0.05, 0.1) is 12.4 Å². The third kappa shape index (κ3) is 1.89. The molecule has 0 aliphatic heterocycles. The summed E-state index contributed by atoms with van der Waals surface area (Å²) in [6.45, 7) is 6.56. The molecule has 0 radical (unpaired) electrons. The molecule has 0 saturated heterocycles. The first-order chi connectivity index (χ1) is 9.00. The summed E-state index contributed by atoms with van der Waals surface area (Å²) < 4.78 is 0. The lowest BCUT2D eigenvalue weighted by Gasteiger charge is -2.20. The average molecular weight is 256 g/mol. The van der Waals surface area contributed by atoms with Gasteiger partial charge in [-0.05, 0) is 28.5 Å². The van der Waals surface area contributed by atoms with Crippen LogP contribution in [0.5, 0.6) is 0 Å². The largest absolute Gasteiger partial charge is 0.388 e. The number of imidazole rings is 1. The number of hydrogen-bond donors (Lipinski definition) is 2. The Labute approximate surface area is 113 Å². The highest BCUT2D eigenvalue weighted by atomic mass is 16.3. The first-order valence-corrected chi connectivity index (χ1v) is 6.80. The Morgan fingerprint density at radius 1 is 1.42 bits per heavy atom. The third-order valence-electron chi connectivity index (χ3n) is 4.36. The van der Waals surface area contributed by atoms with Gasteiger partial charge in [0.15, 0.2) is 0 Å². The predicted octanol–water partition coefficient (Wildman–Crippen LogP) is 3.28. The summed E-state index contributed by atoms with van der Waals surface area (Å²) in [5.41, 5.74) is 4.75. The van der Waals surface area contributed by atoms with Crippen molar-refractivity contribution in [1.82, 2.24) is 9.97 Å². The van der Waals surface area contributed by atoms with Crippen molar-refractivity contribution in [2.75, 3.05) is 0 Å². The van der Waals surface area contributed by atoms with Crippen molar-refractivity contribution >= 4 is 0 Å². The lowest BCUT2D eigenvalue weighted by atomic mass is 9.84. The molecule has 0 bridgehead atoms. The van der Waals surface area contributed by atoms with E-state index in [2.05, 4.69) is 48.9 Å². The van der Waals surface area contributed by atoms with E-state index in [0.29, 0.717) is 0 Å². The summed E-state index contributed by atoms with van der Waals surface area (Å²) in [6.07, 6.45) is 4.01. The molecule has 3 nitrogen and oxygen atoms in total. The molecule has 0 fully saturated rings. The number of fused-ring (bicyclic) bond motifs is 1. The lowest BCUT2D eigenvalue weighted by Crippen LogP contribution is -2.12. The van der Waals surface area contributed by atoms with Crippen LogP contribution in [0.3, 0.4) is 0 Å². The number of H-pyrrole nitrogens is 1. The van der Waals surface area contributed by atoms with Crippen molar-refractivity contribution in [3.63, 3.8) is 0 Å². The summed E-state index contributed by atoms with van der Waals surface area (Å²) >= 11 is 0. The summed E-state index contributed by atoms with van der Waals surface area (Å²) in [6, 6.07) is 6.37. The lowest BCUT2D eigenvalue weighted by molar-refractivity contribution is 0.160. The highest BCUT2D eigenvalue weighted by Gasteiger charge is 2.38. The maximum atomic E-state index is 10.4. The Bertz CT molecular complexity index is 587. The number of nitrogens with one attached hydrogen (secondary N) is 1. The van der Waals surface area contributed by atoms with Gasteiger partial charge in [0, 0.05) is 17.8 Å². The zero-order chi connectivity index (χ0) is 13.6. The van der Waals surface area contributed by atoms with Crippen LogP contribution in [0.4, 0.5) is 0 Å². The molecule has 1 aromatic carbocycles. The normalized spacial score (nSPS) is 22.2. The molecular formula is C16H20N2O. The number of aliphatic hydroxyl groups is 1. The maximum Gasteiger partial charge on any atom is 0.0921 e. The summed E-state index contributed by atoms with van der Waals surface area (Å²) in [7, 11) is 0. The minimum absolute atomic E-state index is 0.0540. The first kappa shape index (κ1) is 12.4. The average Bonchev–Trinajstić information content (AvgIpc) is 2.96. The molecule has 3 heteroatoms. The van der Waals surface area contributed by atoms with Crippen LogP contribution in [0.25, 0.3) is 0 Å². The number of nitrogens with zero attached hydrogens (tertiary/aromatic N) is 1. The van der Waals surface area contributed by atoms with Crippen molar-refractivity contribution in [1.29, 1.82) is 0 Å². The van der Waals surface area contributed by atoms with E-state index in [9.17, 15) is 5.11 Å². The summed E-state index contributed by atoms with van der Waals surface area (Å²) in [5.74, 6) is 0.223. The fraction of sp³-hybridized carbons (Fsp3) is 0.438. The molecule has 1 aromatic heterocycles. The molecule has 0 saturated carbocycles. The van der Waals surface area contributed by atoms with E-state index in [1.807, 2.05) is 6.20 Å². The zero-order valence-electron chi connectivity index (χ0n) is 11.6. The smallest absolute Gasteiger partial charge is 0.0921 e. The molecule has 100 valence electrons. The van der Waals surface area contributed by atoms with Crippen molar-refractivity contribution in [3.8, 4) is 0 Å². The van der Waals surface area contributed by atoms with Crippen LogP contribution < -0.4 is 0 Å². The Hall–Kier alpha value is -1.61. The van der Waals surface area contributed by atoms with Crippen molar-refractivity contribution in [2.45, 2.75) is 44.6 Å². The van der Waals surface area contributed by atoms with Crippen LogP contribution >= 0.6 is 0 Å². The van der Waals surface area contributed by atoms with Gasteiger partial charge in [-0.2, -0.15) is 0 Å². The molecule has 2 N–H and O–H groups in total. The minimum atomic E-state index is -0.355. The Morgan fingerprint density at radius 2 is 2.21 bits per heavy atom. The van der Waals surface area contributed by atoms with Crippen LogP contribution in [-0.4, -0.2) is 15.1 Å². The topological polar surface area (TPSA) is 48.9 Å². The van der Waals surface area contributed by atoms with Crippen LogP contribution in [0.2, 0.25) is 0 Å². The number of hydrogen-bond acceptors (Lipinski definition) is 2. The fourth-order valence-electron chi connectivity index (χ4n) is 3.29. The van der Waals surface area contributed by atoms with Crippen LogP contribution in [0.1, 0.15) is 61.6 Å². The van der Waals surface area contributed by atoms with Crippen molar-refractivity contribution in [2.24, 2.45) is 0 Å². The van der Waals surface area contributed by atoms with Crippen LogP contribution in [0.15, 0.2) is 30.7 Å². The quantitative estimate of drug-likeness (QED) is 0.866. The van der Waals surface area contributed by atoms with Crippen LogP contribution in [0, 0.1) is 0 Å². The van der Waals surface area contributed by atoms with Gasteiger partial charge in [-0.3, -0.25) is 0 Å². The van der Waals surface area contributed by atoms with Crippen LogP contribution in [-0.2, 0) is 5.41 Å². The Kier molecular flexibility index (Phi) is 2.75. The SMILES string of the molecule is CC(c1cnc[nH]1)c1cccc2c1C(O)CC2(C)C. The first-order valence-electron chi connectivity index (χ1n) is 6.80. The van der Waals surface area contributed by atoms with E-state index < -0.39 is 0 Å². The monoisotopic (exact) mass is 256 g/mol. The van der Waals surface area contributed by atoms with Gasteiger partial charge in [0.1, 0.15) is 0 Å². The van der Waals surface area contributed by atoms with Gasteiger partial charge in [-0.25, -0.2) is 4.98 Å². The molecule has 2 unspecified atom stereocenters. The van der Waals surface area contributed by atoms with E-state index in [4.69, 9.17) is 0 Å². The molecule has 19 heavy (non-hydrogen) atoms. The molecule has 1 aliphatic carbocycles. The van der Waals surface area contributed by atoms with E-state index in [-0.39, 0.29) is 17.4 Å². The molecule has 3 rings (SSSR count). The number of benzene rings is 1.